The van der Waals surface area contributed by atoms with Crippen molar-refractivity contribution in [3.63, 3.8) is 0 Å². The molecule has 0 spiro atoms. The lowest BCUT2D eigenvalue weighted by molar-refractivity contribution is 0.0556. The summed E-state index contributed by atoms with van der Waals surface area (Å²) in [4.78, 5) is 14.5. The first-order chi connectivity index (χ1) is 10.1. The summed E-state index contributed by atoms with van der Waals surface area (Å²) in [6.07, 6.45) is 4.23. The van der Waals surface area contributed by atoms with Crippen LogP contribution in [0.1, 0.15) is 43.0 Å². The van der Waals surface area contributed by atoms with E-state index in [0.717, 1.165) is 25.7 Å². The van der Waals surface area contributed by atoms with Gasteiger partial charge in [-0.05, 0) is 44.4 Å². The minimum atomic E-state index is -0.346. The number of phenols is 2. The lowest BCUT2D eigenvalue weighted by Crippen LogP contribution is -2.48. The summed E-state index contributed by atoms with van der Waals surface area (Å²) < 4.78 is 0. The minimum Gasteiger partial charge on any atom is -0.504 e. The van der Waals surface area contributed by atoms with Gasteiger partial charge in [-0.2, -0.15) is 0 Å². The van der Waals surface area contributed by atoms with Gasteiger partial charge in [0.15, 0.2) is 11.5 Å². The summed E-state index contributed by atoms with van der Waals surface area (Å²) in [5.74, 6) is -0.546. The molecule has 5 nitrogen and oxygen atoms in total. The first kappa shape index (κ1) is 15.6. The number of para-hydroxylation sites is 1. The van der Waals surface area contributed by atoms with Crippen molar-refractivity contribution in [2.45, 2.75) is 38.6 Å². The normalized spacial score (nSPS) is 22.0. The fourth-order valence-electron chi connectivity index (χ4n) is 3.26. The molecule has 1 aromatic rings. The zero-order valence-electron chi connectivity index (χ0n) is 12.5. The Labute approximate surface area is 125 Å². The molecule has 21 heavy (non-hydrogen) atoms. The van der Waals surface area contributed by atoms with E-state index in [9.17, 15) is 15.0 Å². The van der Waals surface area contributed by atoms with Crippen LogP contribution in [0.3, 0.4) is 0 Å². The molecule has 2 atom stereocenters. The average molecular weight is 292 g/mol. The van der Waals surface area contributed by atoms with Gasteiger partial charge in [0.05, 0.1) is 5.56 Å². The Hall–Kier alpha value is -1.75. The Bertz CT molecular complexity index is 504. The third-order valence-corrected chi connectivity index (χ3v) is 4.42. The first-order valence-corrected chi connectivity index (χ1v) is 7.62. The fourth-order valence-corrected chi connectivity index (χ4v) is 3.26. The van der Waals surface area contributed by atoms with Crippen LogP contribution in [-0.2, 0) is 0 Å². The molecule has 1 fully saturated rings. The zero-order chi connectivity index (χ0) is 15.4. The molecule has 1 aliphatic carbocycles. The predicted molar refractivity (Wildman–Crippen MR) is 81.3 cm³/mol. The van der Waals surface area contributed by atoms with Crippen LogP contribution in [0.2, 0.25) is 0 Å². The second-order valence-corrected chi connectivity index (χ2v) is 5.61. The largest absolute Gasteiger partial charge is 0.504 e. The van der Waals surface area contributed by atoms with Crippen LogP contribution in [0.5, 0.6) is 11.5 Å². The molecule has 116 valence electrons. The highest BCUT2D eigenvalue weighted by Gasteiger charge is 2.32. The minimum absolute atomic E-state index is 0.114. The van der Waals surface area contributed by atoms with Gasteiger partial charge in [-0.15, -0.1) is 0 Å². The van der Waals surface area contributed by atoms with E-state index in [-0.39, 0.29) is 29.0 Å². The summed E-state index contributed by atoms with van der Waals surface area (Å²) in [5, 5.41) is 19.5. The number of amides is 1. The Morgan fingerprint density at radius 2 is 2.05 bits per heavy atom. The molecule has 0 heterocycles. The van der Waals surface area contributed by atoms with Crippen molar-refractivity contribution in [3.8, 4) is 11.5 Å². The van der Waals surface area contributed by atoms with E-state index in [1.807, 2.05) is 6.92 Å². The van der Waals surface area contributed by atoms with Crippen LogP contribution in [0.25, 0.3) is 0 Å². The van der Waals surface area contributed by atoms with Crippen LogP contribution in [0, 0.1) is 5.92 Å². The molecule has 0 aromatic heterocycles. The summed E-state index contributed by atoms with van der Waals surface area (Å²) in [5.41, 5.74) is 6.00. The highest BCUT2D eigenvalue weighted by Crippen LogP contribution is 2.33. The number of benzene rings is 1. The maximum atomic E-state index is 12.7. The van der Waals surface area contributed by atoms with Gasteiger partial charge in [-0.25, -0.2) is 0 Å². The van der Waals surface area contributed by atoms with Gasteiger partial charge < -0.3 is 20.8 Å². The van der Waals surface area contributed by atoms with Crippen molar-refractivity contribution < 1.29 is 15.0 Å². The number of carbonyl (C=O) groups excluding carboxylic acids is 1. The number of hydrogen-bond donors (Lipinski definition) is 3. The number of nitrogens with two attached hydrogens (primary N) is 1. The molecule has 4 N–H and O–H groups in total. The maximum Gasteiger partial charge on any atom is 0.258 e. The lowest BCUT2D eigenvalue weighted by Gasteiger charge is -2.39. The molecule has 1 aliphatic rings. The fraction of sp³-hybridized carbons (Fsp3) is 0.562. The highest BCUT2D eigenvalue weighted by molar-refractivity contribution is 5.97. The third-order valence-electron chi connectivity index (χ3n) is 4.42. The molecule has 0 aliphatic heterocycles. The number of aromatic hydroxyl groups is 2. The molecular weight excluding hydrogens is 268 g/mol. The molecule has 0 radical (unpaired) electrons. The summed E-state index contributed by atoms with van der Waals surface area (Å²) in [6, 6.07) is 4.59. The summed E-state index contributed by atoms with van der Waals surface area (Å²) in [7, 11) is 0. The van der Waals surface area contributed by atoms with Gasteiger partial charge in [0.25, 0.3) is 5.91 Å². The molecule has 0 saturated heterocycles. The monoisotopic (exact) mass is 292 g/mol. The molecule has 2 rings (SSSR count). The van der Waals surface area contributed by atoms with Crippen molar-refractivity contribution in [3.05, 3.63) is 23.8 Å². The Morgan fingerprint density at radius 1 is 1.33 bits per heavy atom. The molecule has 1 saturated carbocycles. The third kappa shape index (κ3) is 3.13. The van der Waals surface area contributed by atoms with Crippen molar-refractivity contribution in [1.29, 1.82) is 0 Å². The topological polar surface area (TPSA) is 86.8 Å². The number of nitrogens with zero attached hydrogens (tertiary/aromatic N) is 1. The second-order valence-electron chi connectivity index (χ2n) is 5.61. The van der Waals surface area contributed by atoms with E-state index in [0.29, 0.717) is 19.0 Å². The van der Waals surface area contributed by atoms with Crippen molar-refractivity contribution in [2.75, 3.05) is 13.1 Å². The Kier molecular flexibility index (Phi) is 5.07. The summed E-state index contributed by atoms with van der Waals surface area (Å²) in [6.45, 7) is 3.06. The van der Waals surface area contributed by atoms with E-state index in [1.54, 1.807) is 17.0 Å². The molecule has 1 amide bonds. The SMILES string of the molecule is CCN(C(=O)c1cccc(O)c1O)C1CCCCC1CN. The highest BCUT2D eigenvalue weighted by atomic mass is 16.3. The van der Waals surface area contributed by atoms with Gasteiger partial charge in [-0.1, -0.05) is 18.9 Å². The van der Waals surface area contributed by atoms with Crippen molar-refractivity contribution >= 4 is 5.91 Å². The molecule has 0 bridgehead atoms. The number of rotatable bonds is 4. The van der Waals surface area contributed by atoms with Gasteiger partial charge in [0, 0.05) is 12.6 Å². The molecule has 5 heteroatoms. The zero-order valence-corrected chi connectivity index (χ0v) is 12.5. The van der Waals surface area contributed by atoms with Crippen LogP contribution in [-0.4, -0.2) is 40.2 Å². The smallest absolute Gasteiger partial charge is 0.258 e. The maximum absolute atomic E-state index is 12.7. The number of carbonyl (C=O) groups is 1. The van der Waals surface area contributed by atoms with Gasteiger partial charge in [0.1, 0.15) is 0 Å². The number of hydrogen-bond acceptors (Lipinski definition) is 4. The van der Waals surface area contributed by atoms with Crippen LogP contribution >= 0.6 is 0 Å². The van der Waals surface area contributed by atoms with E-state index in [4.69, 9.17) is 5.73 Å². The summed E-state index contributed by atoms with van der Waals surface area (Å²) >= 11 is 0. The lowest BCUT2D eigenvalue weighted by atomic mass is 9.83. The standard InChI is InChI=1S/C16H24N2O3/c1-2-18(13-8-4-3-6-11(13)10-17)16(21)12-7-5-9-14(19)15(12)20/h5,7,9,11,13,19-20H,2-4,6,8,10,17H2,1H3. The number of phenolic OH excluding ortho intramolecular Hbond substituents is 2. The molecule has 2 unspecified atom stereocenters. The van der Waals surface area contributed by atoms with Crippen molar-refractivity contribution in [1.82, 2.24) is 4.90 Å². The van der Waals surface area contributed by atoms with Gasteiger partial charge >= 0.3 is 0 Å². The predicted octanol–water partition coefficient (Wildman–Crippen LogP) is 2.08. The van der Waals surface area contributed by atoms with Crippen molar-refractivity contribution in [2.24, 2.45) is 11.7 Å². The second kappa shape index (κ2) is 6.80. The average Bonchev–Trinajstić information content (AvgIpc) is 2.51. The first-order valence-electron chi connectivity index (χ1n) is 7.62. The Morgan fingerprint density at radius 3 is 2.71 bits per heavy atom. The van der Waals surface area contributed by atoms with Crippen LogP contribution in [0.15, 0.2) is 18.2 Å². The Balaban J connectivity index is 2.27. The molecule has 1 aromatic carbocycles. The van der Waals surface area contributed by atoms with E-state index in [2.05, 4.69) is 0 Å². The molecular formula is C16H24N2O3. The van der Waals surface area contributed by atoms with Crippen LogP contribution in [0.4, 0.5) is 0 Å². The van der Waals surface area contributed by atoms with Gasteiger partial charge in [0.2, 0.25) is 0 Å². The van der Waals surface area contributed by atoms with E-state index in [1.165, 1.54) is 6.07 Å². The van der Waals surface area contributed by atoms with E-state index >= 15 is 0 Å². The van der Waals surface area contributed by atoms with E-state index < -0.39 is 0 Å². The van der Waals surface area contributed by atoms with Gasteiger partial charge in [-0.3, -0.25) is 4.79 Å². The van der Waals surface area contributed by atoms with Crippen LogP contribution < -0.4 is 5.73 Å². The quantitative estimate of drug-likeness (QED) is 0.741.